The number of hydrogen-bond acceptors (Lipinski definition) is 5. The normalized spacial score (nSPS) is 20.6. The summed E-state index contributed by atoms with van der Waals surface area (Å²) < 4.78 is 19.9. The second-order valence-electron chi connectivity index (χ2n) is 7.49. The van der Waals surface area contributed by atoms with Crippen molar-refractivity contribution in [2.75, 3.05) is 26.2 Å². The topological polar surface area (TPSA) is 91.8 Å². The standard InChI is InChI=1S/C22H22ClFN4O3.ClH/c23-17-5-4-14(9-18(17)24)21-16(11-25-6-7-31-21)12-26-22(30)15-3-1-2-13(8-15)19-10-20(29)28-27-19;/h1-5,8-9,16,21,25H,6-7,10-12H2,(H,26,30)(H,28,29);1H/t16-,21-;/m0./s1. The molecule has 0 aliphatic carbocycles. The zero-order valence-corrected chi connectivity index (χ0v) is 18.6. The van der Waals surface area contributed by atoms with Gasteiger partial charge in [0.05, 0.1) is 29.9 Å². The number of nitrogens with one attached hydrogen (secondary N) is 3. The Hall–Kier alpha value is -2.52. The van der Waals surface area contributed by atoms with E-state index in [9.17, 15) is 14.0 Å². The van der Waals surface area contributed by atoms with Crippen LogP contribution in [0.3, 0.4) is 0 Å². The van der Waals surface area contributed by atoms with Crippen molar-refractivity contribution in [3.8, 4) is 0 Å². The number of nitrogens with zero attached hydrogens (tertiary/aromatic N) is 1. The Morgan fingerprint density at radius 2 is 2.12 bits per heavy atom. The lowest BCUT2D eigenvalue weighted by Crippen LogP contribution is -2.36. The van der Waals surface area contributed by atoms with Crippen molar-refractivity contribution in [1.29, 1.82) is 0 Å². The second-order valence-corrected chi connectivity index (χ2v) is 7.90. The molecule has 7 nitrogen and oxygen atoms in total. The Morgan fingerprint density at radius 3 is 2.88 bits per heavy atom. The molecule has 0 bridgehead atoms. The average Bonchev–Trinajstić information content (AvgIpc) is 3.07. The van der Waals surface area contributed by atoms with Gasteiger partial charge < -0.3 is 15.4 Å². The van der Waals surface area contributed by atoms with Gasteiger partial charge in [-0.1, -0.05) is 29.8 Å². The Balaban J connectivity index is 0.00000289. The molecule has 0 radical (unpaired) electrons. The quantitative estimate of drug-likeness (QED) is 0.613. The number of amides is 2. The lowest BCUT2D eigenvalue weighted by atomic mass is 9.95. The third-order valence-electron chi connectivity index (χ3n) is 5.31. The van der Waals surface area contributed by atoms with E-state index in [1.54, 1.807) is 24.3 Å². The maximum absolute atomic E-state index is 14.0. The van der Waals surface area contributed by atoms with Gasteiger partial charge in [-0.2, -0.15) is 5.10 Å². The number of benzene rings is 2. The molecule has 10 heteroatoms. The molecule has 0 saturated carbocycles. The number of hydrogen-bond donors (Lipinski definition) is 3. The van der Waals surface area contributed by atoms with Crippen LogP contribution in [-0.2, 0) is 9.53 Å². The van der Waals surface area contributed by atoms with E-state index < -0.39 is 5.82 Å². The van der Waals surface area contributed by atoms with Crippen LogP contribution in [0, 0.1) is 11.7 Å². The number of carbonyl (C=O) groups excluding carboxylic acids is 2. The first kappa shape index (κ1) is 24.1. The highest BCUT2D eigenvalue weighted by molar-refractivity contribution is 6.30. The minimum Gasteiger partial charge on any atom is -0.372 e. The van der Waals surface area contributed by atoms with Crippen LogP contribution in [0.25, 0.3) is 0 Å². The van der Waals surface area contributed by atoms with E-state index in [2.05, 4.69) is 21.2 Å². The summed E-state index contributed by atoms with van der Waals surface area (Å²) in [4.78, 5) is 24.2. The number of carbonyl (C=O) groups is 2. The maximum Gasteiger partial charge on any atom is 0.251 e. The molecule has 0 aromatic heterocycles. The van der Waals surface area contributed by atoms with E-state index in [0.29, 0.717) is 43.1 Å². The first-order chi connectivity index (χ1) is 15.0. The molecule has 2 atom stereocenters. The van der Waals surface area contributed by atoms with Gasteiger partial charge >= 0.3 is 0 Å². The number of rotatable bonds is 5. The minimum absolute atomic E-state index is 0. The summed E-state index contributed by atoms with van der Waals surface area (Å²) in [5.41, 5.74) is 4.89. The fourth-order valence-corrected chi connectivity index (χ4v) is 3.84. The van der Waals surface area contributed by atoms with Crippen molar-refractivity contribution >= 4 is 41.5 Å². The van der Waals surface area contributed by atoms with E-state index in [4.69, 9.17) is 16.3 Å². The SMILES string of the molecule is Cl.O=C1CC(c2cccc(C(=O)NC[C@@H]3CNCCO[C@H]3c3ccc(Cl)c(F)c3)c2)=NN1. The zero-order chi connectivity index (χ0) is 21.8. The molecular formula is C22H23Cl2FN4O3. The Bertz CT molecular complexity index is 1030. The molecule has 4 rings (SSSR count). The Kier molecular flexibility index (Phi) is 8.20. The molecule has 3 N–H and O–H groups in total. The summed E-state index contributed by atoms with van der Waals surface area (Å²) >= 11 is 5.81. The van der Waals surface area contributed by atoms with Crippen LogP contribution >= 0.6 is 24.0 Å². The van der Waals surface area contributed by atoms with Gasteiger partial charge in [0.15, 0.2) is 0 Å². The van der Waals surface area contributed by atoms with Crippen molar-refractivity contribution in [1.82, 2.24) is 16.1 Å². The third-order valence-corrected chi connectivity index (χ3v) is 5.62. The van der Waals surface area contributed by atoms with Crippen molar-refractivity contribution in [3.63, 3.8) is 0 Å². The lowest BCUT2D eigenvalue weighted by Gasteiger charge is -2.25. The van der Waals surface area contributed by atoms with Crippen molar-refractivity contribution in [2.24, 2.45) is 11.0 Å². The molecule has 1 fully saturated rings. The third kappa shape index (κ3) is 5.63. The predicted molar refractivity (Wildman–Crippen MR) is 122 cm³/mol. The van der Waals surface area contributed by atoms with Crippen LogP contribution in [0.1, 0.15) is 34.0 Å². The minimum atomic E-state index is -0.498. The molecule has 0 spiro atoms. The van der Waals surface area contributed by atoms with Gasteiger partial charge in [0.1, 0.15) is 5.82 Å². The monoisotopic (exact) mass is 480 g/mol. The molecule has 32 heavy (non-hydrogen) atoms. The fraction of sp³-hybridized carbons (Fsp3) is 0.318. The molecule has 2 aliphatic rings. The summed E-state index contributed by atoms with van der Waals surface area (Å²) in [6.07, 6.45) is -0.187. The molecule has 2 aromatic rings. The Labute approximate surface area is 196 Å². The lowest BCUT2D eigenvalue weighted by molar-refractivity contribution is -0.119. The van der Waals surface area contributed by atoms with Crippen molar-refractivity contribution < 1.29 is 18.7 Å². The van der Waals surface area contributed by atoms with Gasteiger partial charge in [-0.05, 0) is 35.4 Å². The van der Waals surface area contributed by atoms with Crippen LogP contribution < -0.4 is 16.1 Å². The van der Waals surface area contributed by atoms with E-state index >= 15 is 0 Å². The van der Waals surface area contributed by atoms with Crippen molar-refractivity contribution in [2.45, 2.75) is 12.5 Å². The summed E-state index contributed by atoms with van der Waals surface area (Å²) in [5.74, 6) is -1.01. The van der Waals surface area contributed by atoms with E-state index in [-0.39, 0.29) is 47.7 Å². The zero-order valence-electron chi connectivity index (χ0n) is 17.1. The molecule has 2 aliphatic heterocycles. The van der Waals surface area contributed by atoms with Gasteiger partial charge in [-0.15, -0.1) is 12.4 Å². The largest absolute Gasteiger partial charge is 0.372 e. The van der Waals surface area contributed by atoms with Crippen LogP contribution in [-0.4, -0.2) is 43.8 Å². The fourth-order valence-electron chi connectivity index (χ4n) is 3.72. The van der Waals surface area contributed by atoms with E-state index in [1.165, 1.54) is 12.1 Å². The summed E-state index contributed by atoms with van der Waals surface area (Å²) in [6, 6.07) is 11.6. The molecule has 2 amide bonds. The molecule has 2 aromatic carbocycles. The van der Waals surface area contributed by atoms with Crippen molar-refractivity contribution in [3.05, 3.63) is 70.0 Å². The van der Waals surface area contributed by atoms with Gasteiger partial charge in [-0.25, -0.2) is 9.82 Å². The predicted octanol–water partition coefficient (Wildman–Crippen LogP) is 2.83. The highest BCUT2D eigenvalue weighted by Crippen LogP contribution is 2.29. The smallest absolute Gasteiger partial charge is 0.251 e. The molecular weight excluding hydrogens is 458 g/mol. The Morgan fingerprint density at radius 1 is 1.28 bits per heavy atom. The number of hydrazone groups is 1. The van der Waals surface area contributed by atoms with Gasteiger partial charge in [0.25, 0.3) is 5.91 Å². The van der Waals surface area contributed by atoms with E-state index in [1.807, 2.05) is 6.07 Å². The number of halogens is 3. The van der Waals surface area contributed by atoms with E-state index in [0.717, 1.165) is 5.56 Å². The maximum atomic E-state index is 14.0. The summed E-state index contributed by atoms with van der Waals surface area (Å²) in [5, 5.41) is 10.3. The molecule has 2 heterocycles. The van der Waals surface area contributed by atoms with Crippen LogP contribution in [0.2, 0.25) is 5.02 Å². The highest BCUT2D eigenvalue weighted by Gasteiger charge is 2.27. The second kappa shape index (κ2) is 10.9. The van der Waals surface area contributed by atoms with Crippen LogP contribution in [0.4, 0.5) is 4.39 Å². The molecule has 0 unspecified atom stereocenters. The van der Waals surface area contributed by atoms with Gasteiger partial charge in [0.2, 0.25) is 5.91 Å². The highest BCUT2D eigenvalue weighted by atomic mass is 35.5. The first-order valence-electron chi connectivity index (χ1n) is 10.0. The average molecular weight is 481 g/mol. The molecule has 1 saturated heterocycles. The number of ether oxygens (including phenoxy) is 1. The van der Waals surface area contributed by atoms with Gasteiger partial charge in [0, 0.05) is 31.1 Å². The molecule has 170 valence electrons. The van der Waals surface area contributed by atoms with Crippen LogP contribution in [0.15, 0.2) is 47.6 Å². The van der Waals surface area contributed by atoms with Crippen LogP contribution in [0.5, 0.6) is 0 Å². The summed E-state index contributed by atoms with van der Waals surface area (Å²) in [7, 11) is 0. The first-order valence-corrected chi connectivity index (χ1v) is 10.4. The summed E-state index contributed by atoms with van der Waals surface area (Å²) in [6.45, 7) is 2.11. The van der Waals surface area contributed by atoms with Gasteiger partial charge in [-0.3, -0.25) is 9.59 Å².